The maximum absolute atomic E-state index is 12.1. The van der Waals surface area contributed by atoms with E-state index >= 15 is 0 Å². The van der Waals surface area contributed by atoms with Crippen LogP contribution in [0.1, 0.15) is 33.6 Å². The summed E-state index contributed by atoms with van der Waals surface area (Å²) in [6, 6.07) is 9.06. The zero-order valence-corrected chi connectivity index (χ0v) is 13.5. The molecule has 2 N–H and O–H groups in total. The summed E-state index contributed by atoms with van der Waals surface area (Å²) in [5.41, 5.74) is 1.77. The van der Waals surface area contributed by atoms with Crippen molar-refractivity contribution < 1.29 is 9.59 Å². The Morgan fingerprint density at radius 1 is 1.14 bits per heavy atom. The molecular weight excluding hydrogens is 352 g/mol. The summed E-state index contributed by atoms with van der Waals surface area (Å²) in [6.45, 7) is 0. The summed E-state index contributed by atoms with van der Waals surface area (Å²) in [4.78, 5) is 24.0. The van der Waals surface area contributed by atoms with Crippen molar-refractivity contribution in [1.82, 2.24) is 5.32 Å². The van der Waals surface area contributed by atoms with Crippen molar-refractivity contribution in [3.63, 3.8) is 0 Å². The molecule has 0 spiro atoms. The molecule has 1 fully saturated rings. The Hall–Kier alpha value is -1.66. The van der Waals surface area contributed by atoms with Crippen LogP contribution in [-0.2, 0) is 0 Å². The molecule has 1 aliphatic carbocycles. The fourth-order valence-corrected chi connectivity index (χ4v) is 3.00. The number of hydrogen-bond acceptors (Lipinski definition) is 3. The number of thiophene rings is 1. The molecule has 108 valence electrons. The molecule has 0 atom stereocenters. The fraction of sp³-hybridized carbons (Fsp3) is 0.200. The van der Waals surface area contributed by atoms with Gasteiger partial charge in [0.15, 0.2) is 0 Å². The molecule has 0 saturated heterocycles. The van der Waals surface area contributed by atoms with Crippen LogP contribution in [0.3, 0.4) is 0 Å². The van der Waals surface area contributed by atoms with E-state index in [0.717, 1.165) is 16.6 Å². The molecule has 4 nitrogen and oxygen atoms in total. The lowest BCUT2D eigenvalue weighted by Crippen LogP contribution is -2.25. The van der Waals surface area contributed by atoms with E-state index in [1.165, 1.54) is 11.3 Å². The van der Waals surface area contributed by atoms with Crippen LogP contribution in [0.5, 0.6) is 0 Å². The summed E-state index contributed by atoms with van der Waals surface area (Å²) in [5, 5.41) is 7.51. The molecule has 1 aromatic heterocycles. The Bertz CT molecular complexity index is 694. The first-order chi connectivity index (χ1) is 10.1. The smallest absolute Gasteiger partial charge is 0.256 e. The predicted octanol–water partition coefficient (Wildman–Crippen LogP) is 3.66. The SMILES string of the molecule is O=C(Nc1cccc(C(=O)NC2CC2)c1)c1csc(Br)c1. The van der Waals surface area contributed by atoms with Gasteiger partial charge in [0.05, 0.1) is 9.35 Å². The van der Waals surface area contributed by atoms with Gasteiger partial charge >= 0.3 is 0 Å². The number of hydrogen-bond donors (Lipinski definition) is 2. The monoisotopic (exact) mass is 364 g/mol. The summed E-state index contributed by atoms with van der Waals surface area (Å²) in [7, 11) is 0. The van der Waals surface area contributed by atoms with E-state index in [9.17, 15) is 9.59 Å². The van der Waals surface area contributed by atoms with Crippen molar-refractivity contribution in [3.8, 4) is 0 Å². The molecule has 0 bridgehead atoms. The van der Waals surface area contributed by atoms with Crippen LogP contribution in [0.25, 0.3) is 0 Å². The summed E-state index contributed by atoms with van der Waals surface area (Å²) >= 11 is 4.79. The first-order valence-corrected chi connectivity index (χ1v) is 8.25. The predicted molar refractivity (Wildman–Crippen MR) is 86.9 cm³/mol. The normalized spacial score (nSPS) is 13.8. The van der Waals surface area contributed by atoms with Gasteiger partial charge in [-0.05, 0) is 53.0 Å². The Morgan fingerprint density at radius 3 is 2.62 bits per heavy atom. The molecule has 21 heavy (non-hydrogen) atoms. The molecule has 2 aromatic rings. The van der Waals surface area contributed by atoms with E-state index in [2.05, 4.69) is 26.6 Å². The third kappa shape index (κ3) is 3.71. The van der Waals surface area contributed by atoms with Crippen LogP contribution in [0, 0.1) is 0 Å². The van der Waals surface area contributed by atoms with Crippen LogP contribution in [0.4, 0.5) is 5.69 Å². The number of anilines is 1. The van der Waals surface area contributed by atoms with E-state index in [1.807, 2.05) is 0 Å². The molecule has 1 aromatic carbocycles. The second-order valence-corrected chi connectivity index (χ2v) is 7.21. The van der Waals surface area contributed by atoms with Gasteiger partial charge in [-0.1, -0.05) is 6.07 Å². The van der Waals surface area contributed by atoms with Gasteiger partial charge in [-0.15, -0.1) is 11.3 Å². The van der Waals surface area contributed by atoms with Gasteiger partial charge in [-0.2, -0.15) is 0 Å². The number of halogens is 1. The zero-order valence-electron chi connectivity index (χ0n) is 11.1. The van der Waals surface area contributed by atoms with Gasteiger partial charge in [0.2, 0.25) is 0 Å². The Kier molecular flexibility index (Phi) is 4.07. The minimum absolute atomic E-state index is 0.0909. The lowest BCUT2D eigenvalue weighted by molar-refractivity contribution is 0.0949. The van der Waals surface area contributed by atoms with Crippen LogP contribution in [-0.4, -0.2) is 17.9 Å². The molecule has 6 heteroatoms. The minimum atomic E-state index is -0.184. The van der Waals surface area contributed by atoms with Gasteiger partial charge in [0.25, 0.3) is 11.8 Å². The fourth-order valence-electron chi connectivity index (χ4n) is 1.87. The Labute approximate surface area is 134 Å². The van der Waals surface area contributed by atoms with Crippen LogP contribution >= 0.6 is 27.3 Å². The molecule has 2 amide bonds. The zero-order chi connectivity index (χ0) is 14.8. The average Bonchev–Trinajstić information content (AvgIpc) is 3.17. The van der Waals surface area contributed by atoms with Crippen molar-refractivity contribution in [2.75, 3.05) is 5.32 Å². The van der Waals surface area contributed by atoms with E-state index in [4.69, 9.17) is 0 Å². The largest absolute Gasteiger partial charge is 0.349 e. The van der Waals surface area contributed by atoms with E-state index < -0.39 is 0 Å². The molecular formula is C15H13BrN2O2S. The second-order valence-electron chi connectivity index (χ2n) is 4.92. The first kappa shape index (κ1) is 14.3. The number of carbonyl (C=O) groups excluding carboxylic acids is 2. The number of benzene rings is 1. The van der Waals surface area contributed by atoms with Gasteiger partial charge in [0, 0.05) is 22.7 Å². The Balaban J connectivity index is 1.70. The topological polar surface area (TPSA) is 58.2 Å². The maximum Gasteiger partial charge on any atom is 0.256 e. The van der Waals surface area contributed by atoms with E-state index in [0.29, 0.717) is 22.9 Å². The highest BCUT2D eigenvalue weighted by atomic mass is 79.9. The van der Waals surface area contributed by atoms with Crippen molar-refractivity contribution >= 4 is 44.8 Å². The van der Waals surface area contributed by atoms with Gasteiger partial charge < -0.3 is 10.6 Å². The molecule has 0 radical (unpaired) electrons. The molecule has 1 aliphatic rings. The average molecular weight is 365 g/mol. The lowest BCUT2D eigenvalue weighted by atomic mass is 10.2. The van der Waals surface area contributed by atoms with Crippen molar-refractivity contribution in [1.29, 1.82) is 0 Å². The van der Waals surface area contributed by atoms with Crippen LogP contribution in [0.15, 0.2) is 39.5 Å². The number of rotatable bonds is 4. The van der Waals surface area contributed by atoms with Gasteiger partial charge in [-0.3, -0.25) is 9.59 Å². The second kappa shape index (κ2) is 5.99. The van der Waals surface area contributed by atoms with E-state index in [1.54, 1.807) is 35.7 Å². The number of carbonyl (C=O) groups is 2. The molecule has 0 aliphatic heterocycles. The summed E-state index contributed by atoms with van der Waals surface area (Å²) < 4.78 is 0.908. The quantitative estimate of drug-likeness (QED) is 0.869. The maximum atomic E-state index is 12.1. The van der Waals surface area contributed by atoms with E-state index in [-0.39, 0.29) is 11.8 Å². The standard InChI is InChI=1S/C15H13BrN2O2S/c16-13-7-10(8-21-13)15(20)18-12-3-1-2-9(6-12)14(19)17-11-4-5-11/h1-3,6-8,11H,4-5H2,(H,17,19)(H,18,20). The summed E-state index contributed by atoms with van der Waals surface area (Å²) in [6.07, 6.45) is 2.10. The van der Waals surface area contributed by atoms with Crippen LogP contribution < -0.4 is 10.6 Å². The highest BCUT2D eigenvalue weighted by Crippen LogP contribution is 2.22. The molecule has 1 saturated carbocycles. The molecule has 0 unspecified atom stereocenters. The number of nitrogens with one attached hydrogen (secondary N) is 2. The van der Waals surface area contributed by atoms with Crippen LogP contribution in [0.2, 0.25) is 0 Å². The minimum Gasteiger partial charge on any atom is -0.349 e. The molecule has 3 rings (SSSR count). The third-order valence-corrected chi connectivity index (χ3v) is 4.63. The lowest BCUT2D eigenvalue weighted by Gasteiger charge is -2.07. The van der Waals surface area contributed by atoms with Gasteiger partial charge in [0.1, 0.15) is 0 Å². The van der Waals surface area contributed by atoms with Gasteiger partial charge in [-0.25, -0.2) is 0 Å². The van der Waals surface area contributed by atoms with Crippen molar-refractivity contribution in [2.45, 2.75) is 18.9 Å². The van der Waals surface area contributed by atoms with Crippen molar-refractivity contribution in [3.05, 3.63) is 50.6 Å². The molecule has 1 heterocycles. The first-order valence-electron chi connectivity index (χ1n) is 6.58. The Morgan fingerprint density at radius 2 is 1.95 bits per heavy atom. The highest BCUT2D eigenvalue weighted by Gasteiger charge is 2.23. The highest BCUT2D eigenvalue weighted by molar-refractivity contribution is 9.11. The van der Waals surface area contributed by atoms with Crippen molar-refractivity contribution in [2.24, 2.45) is 0 Å². The summed E-state index contributed by atoms with van der Waals surface area (Å²) in [5.74, 6) is -0.274. The number of amides is 2. The third-order valence-electron chi connectivity index (χ3n) is 3.12.